The third kappa shape index (κ3) is 3.48. The van der Waals surface area contributed by atoms with Crippen molar-refractivity contribution in [3.63, 3.8) is 0 Å². The van der Waals surface area contributed by atoms with Crippen molar-refractivity contribution >= 4 is 12.2 Å². The Hall–Kier alpha value is -0.900. The van der Waals surface area contributed by atoms with Crippen LogP contribution < -0.4 is 11.1 Å². The number of hydrogen-bond donors (Lipinski definition) is 2. The molecule has 0 aromatic carbocycles. The highest BCUT2D eigenvalue weighted by atomic mass is 16.2. The van der Waals surface area contributed by atoms with Gasteiger partial charge in [-0.05, 0) is 5.92 Å². The molecule has 0 fully saturated rings. The van der Waals surface area contributed by atoms with Crippen molar-refractivity contribution in [1.29, 1.82) is 0 Å². The standard InChI is InChI=1S/C8H16N2O2/c1-3-6(2)7(9)8(12)10-4-5-11/h5-7H,3-4,9H2,1-2H3,(H,10,12). The van der Waals surface area contributed by atoms with E-state index >= 15 is 0 Å². The van der Waals surface area contributed by atoms with E-state index in [9.17, 15) is 9.59 Å². The average molecular weight is 172 g/mol. The molecule has 3 N–H and O–H groups in total. The van der Waals surface area contributed by atoms with Gasteiger partial charge in [-0.3, -0.25) is 4.79 Å². The zero-order valence-corrected chi connectivity index (χ0v) is 7.54. The van der Waals surface area contributed by atoms with Crippen molar-refractivity contribution in [3.05, 3.63) is 0 Å². The van der Waals surface area contributed by atoms with E-state index in [2.05, 4.69) is 5.32 Å². The first-order chi connectivity index (χ1) is 5.63. The van der Waals surface area contributed by atoms with Crippen molar-refractivity contribution < 1.29 is 9.59 Å². The summed E-state index contributed by atoms with van der Waals surface area (Å²) in [6.45, 7) is 3.92. The van der Waals surface area contributed by atoms with Gasteiger partial charge in [0.05, 0.1) is 12.6 Å². The summed E-state index contributed by atoms with van der Waals surface area (Å²) >= 11 is 0. The molecule has 2 unspecified atom stereocenters. The maximum absolute atomic E-state index is 11.1. The van der Waals surface area contributed by atoms with Gasteiger partial charge in [0.1, 0.15) is 6.29 Å². The van der Waals surface area contributed by atoms with Crippen molar-refractivity contribution in [1.82, 2.24) is 5.32 Å². The highest BCUT2D eigenvalue weighted by Gasteiger charge is 2.18. The first-order valence-electron chi connectivity index (χ1n) is 4.10. The van der Waals surface area contributed by atoms with E-state index < -0.39 is 6.04 Å². The lowest BCUT2D eigenvalue weighted by atomic mass is 9.99. The molecule has 0 saturated carbocycles. The van der Waals surface area contributed by atoms with Gasteiger partial charge >= 0.3 is 0 Å². The van der Waals surface area contributed by atoms with E-state index in [-0.39, 0.29) is 18.4 Å². The van der Waals surface area contributed by atoms with Crippen LogP contribution in [-0.4, -0.2) is 24.8 Å². The summed E-state index contributed by atoms with van der Waals surface area (Å²) in [5.41, 5.74) is 5.58. The normalized spacial score (nSPS) is 14.9. The van der Waals surface area contributed by atoms with Crippen molar-refractivity contribution in [2.24, 2.45) is 11.7 Å². The molecule has 12 heavy (non-hydrogen) atoms. The fraction of sp³-hybridized carbons (Fsp3) is 0.750. The number of aldehydes is 1. The first kappa shape index (κ1) is 11.1. The van der Waals surface area contributed by atoms with Crippen LogP contribution in [0.5, 0.6) is 0 Å². The lowest BCUT2D eigenvalue weighted by Crippen LogP contribution is -2.45. The Balaban J connectivity index is 3.83. The molecule has 0 saturated heterocycles. The van der Waals surface area contributed by atoms with Crippen LogP contribution in [0.15, 0.2) is 0 Å². The molecular formula is C8H16N2O2. The number of rotatable bonds is 5. The third-order valence-electron chi connectivity index (χ3n) is 1.92. The Morgan fingerprint density at radius 2 is 2.25 bits per heavy atom. The number of carbonyl (C=O) groups excluding carboxylic acids is 2. The Kier molecular flexibility index (Phi) is 5.28. The van der Waals surface area contributed by atoms with Crippen molar-refractivity contribution in [2.75, 3.05) is 6.54 Å². The van der Waals surface area contributed by atoms with Gasteiger partial charge in [0.25, 0.3) is 0 Å². The van der Waals surface area contributed by atoms with Crippen molar-refractivity contribution in [2.45, 2.75) is 26.3 Å². The molecule has 0 heterocycles. The summed E-state index contributed by atoms with van der Waals surface area (Å²) in [6.07, 6.45) is 1.50. The van der Waals surface area contributed by atoms with Gasteiger partial charge in [-0.15, -0.1) is 0 Å². The summed E-state index contributed by atoms with van der Waals surface area (Å²) < 4.78 is 0. The Morgan fingerprint density at radius 1 is 1.67 bits per heavy atom. The van der Waals surface area contributed by atoms with Crippen LogP contribution in [-0.2, 0) is 9.59 Å². The maximum atomic E-state index is 11.1. The molecule has 2 atom stereocenters. The van der Waals surface area contributed by atoms with Gasteiger partial charge in [-0.1, -0.05) is 20.3 Å². The molecule has 0 aliphatic rings. The molecule has 4 heteroatoms. The van der Waals surface area contributed by atoms with Gasteiger partial charge < -0.3 is 15.8 Å². The van der Waals surface area contributed by atoms with Crippen LogP contribution in [0.1, 0.15) is 20.3 Å². The number of hydrogen-bond acceptors (Lipinski definition) is 3. The topological polar surface area (TPSA) is 72.2 Å². The molecule has 0 radical (unpaired) electrons. The first-order valence-corrected chi connectivity index (χ1v) is 4.10. The molecular weight excluding hydrogens is 156 g/mol. The molecule has 0 aromatic rings. The molecule has 0 aliphatic carbocycles. The van der Waals surface area contributed by atoms with Crippen LogP contribution in [0.4, 0.5) is 0 Å². The second-order valence-electron chi connectivity index (χ2n) is 2.82. The lowest BCUT2D eigenvalue weighted by molar-refractivity contribution is -0.124. The minimum Gasteiger partial charge on any atom is -0.348 e. The predicted molar refractivity (Wildman–Crippen MR) is 46.5 cm³/mol. The summed E-state index contributed by atoms with van der Waals surface area (Å²) in [5.74, 6) is -0.104. The monoisotopic (exact) mass is 172 g/mol. The second-order valence-corrected chi connectivity index (χ2v) is 2.82. The zero-order chi connectivity index (χ0) is 9.56. The summed E-state index contributed by atoms with van der Waals surface area (Å²) in [6, 6.07) is -0.505. The quantitative estimate of drug-likeness (QED) is 0.558. The van der Waals surface area contributed by atoms with Crippen LogP contribution in [0.3, 0.4) is 0 Å². The number of nitrogens with two attached hydrogens (primary N) is 1. The largest absolute Gasteiger partial charge is 0.348 e. The smallest absolute Gasteiger partial charge is 0.237 e. The van der Waals surface area contributed by atoms with Gasteiger partial charge in [0, 0.05) is 0 Å². The summed E-state index contributed by atoms with van der Waals surface area (Å²) in [5, 5.41) is 2.42. The van der Waals surface area contributed by atoms with E-state index in [1.165, 1.54) is 0 Å². The zero-order valence-electron chi connectivity index (χ0n) is 7.54. The molecule has 0 rings (SSSR count). The number of nitrogens with one attached hydrogen (secondary N) is 1. The molecule has 0 aromatic heterocycles. The summed E-state index contributed by atoms with van der Waals surface area (Å²) in [7, 11) is 0. The molecule has 0 spiro atoms. The van der Waals surface area contributed by atoms with E-state index in [1.807, 2.05) is 13.8 Å². The molecule has 0 bridgehead atoms. The van der Waals surface area contributed by atoms with Gasteiger partial charge in [0.2, 0.25) is 5.91 Å². The number of carbonyl (C=O) groups is 2. The van der Waals surface area contributed by atoms with Gasteiger partial charge in [-0.2, -0.15) is 0 Å². The fourth-order valence-electron chi connectivity index (χ4n) is 0.772. The van der Waals surface area contributed by atoms with E-state index in [0.29, 0.717) is 6.29 Å². The second kappa shape index (κ2) is 5.71. The Morgan fingerprint density at radius 3 is 2.67 bits per heavy atom. The van der Waals surface area contributed by atoms with E-state index in [4.69, 9.17) is 5.73 Å². The Labute approximate surface area is 72.5 Å². The minimum atomic E-state index is -0.505. The molecule has 4 nitrogen and oxygen atoms in total. The predicted octanol–water partition coefficient (Wildman–Crippen LogP) is -0.325. The highest BCUT2D eigenvalue weighted by molar-refractivity contribution is 5.83. The summed E-state index contributed by atoms with van der Waals surface area (Å²) in [4.78, 5) is 21.0. The van der Waals surface area contributed by atoms with Crippen molar-refractivity contribution in [3.8, 4) is 0 Å². The van der Waals surface area contributed by atoms with E-state index in [1.54, 1.807) is 0 Å². The maximum Gasteiger partial charge on any atom is 0.237 e. The molecule has 0 aliphatic heterocycles. The highest BCUT2D eigenvalue weighted by Crippen LogP contribution is 2.04. The fourth-order valence-corrected chi connectivity index (χ4v) is 0.772. The minimum absolute atomic E-state index is 0.0446. The molecule has 70 valence electrons. The van der Waals surface area contributed by atoms with Gasteiger partial charge in [0.15, 0.2) is 0 Å². The average Bonchev–Trinajstić information content (AvgIpc) is 2.11. The van der Waals surface area contributed by atoms with Crippen LogP contribution in [0, 0.1) is 5.92 Å². The van der Waals surface area contributed by atoms with E-state index in [0.717, 1.165) is 6.42 Å². The SMILES string of the molecule is CCC(C)C(N)C(=O)NCC=O. The van der Waals surface area contributed by atoms with Crippen LogP contribution in [0.2, 0.25) is 0 Å². The third-order valence-corrected chi connectivity index (χ3v) is 1.92. The molecule has 1 amide bonds. The lowest BCUT2D eigenvalue weighted by Gasteiger charge is -2.16. The van der Waals surface area contributed by atoms with Gasteiger partial charge in [-0.25, -0.2) is 0 Å². The Bertz CT molecular complexity index is 159. The van der Waals surface area contributed by atoms with Crippen LogP contribution in [0.25, 0.3) is 0 Å². The number of amides is 1. The van der Waals surface area contributed by atoms with Crippen LogP contribution >= 0.6 is 0 Å².